The van der Waals surface area contributed by atoms with Crippen LogP contribution in [0.2, 0.25) is 5.02 Å². The van der Waals surface area contributed by atoms with Crippen LogP contribution in [0.4, 0.5) is 4.39 Å². The van der Waals surface area contributed by atoms with E-state index in [-0.39, 0.29) is 17.5 Å². The van der Waals surface area contributed by atoms with E-state index >= 15 is 0 Å². The third kappa shape index (κ3) is 4.51. The van der Waals surface area contributed by atoms with Crippen molar-refractivity contribution in [3.05, 3.63) is 70.0 Å². The summed E-state index contributed by atoms with van der Waals surface area (Å²) in [5, 5.41) is 12.7. The van der Waals surface area contributed by atoms with E-state index in [1.54, 1.807) is 25.3 Å². The highest BCUT2D eigenvalue weighted by molar-refractivity contribution is 6.30. The smallest absolute Gasteiger partial charge is 0.251 e. The minimum absolute atomic E-state index is 0.0153. The van der Waals surface area contributed by atoms with Crippen LogP contribution in [-0.2, 0) is 11.3 Å². The summed E-state index contributed by atoms with van der Waals surface area (Å²) in [5.41, 5.74) is 1.57. The molecule has 0 aromatic heterocycles. The van der Waals surface area contributed by atoms with Crippen LogP contribution < -0.4 is 5.32 Å². The first-order valence-electron chi connectivity index (χ1n) is 7.01. The van der Waals surface area contributed by atoms with Crippen molar-refractivity contribution in [2.75, 3.05) is 13.7 Å². The number of amides is 1. The average Bonchev–Trinajstić information content (AvgIpc) is 2.55. The van der Waals surface area contributed by atoms with Gasteiger partial charge >= 0.3 is 0 Å². The third-order valence-electron chi connectivity index (χ3n) is 3.35. The van der Waals surface area contributed by atoms with Crippen LogP contribution in [0.15, 0.2) is 42.5 Å². The van der Waals surface area contributed by atoms with Crippen molar-refractivity contribution in [1.82, 2.24) is 5.32 Å². The summed E-state index contributed by atoms with van der Waals surface area (Å²) in [4.78, 5) is 12.2. The molecule has 2 N–H and O–H groups in total. The molecule has 4 nitrogen and oxygen atoms in total. The van der Waals surface area contributed by atoms with Crippen LogP contribution in [0, 0.1) is 5.82 Å². The molecule has 0 spiro atoms. The van der Waals surface area contributed by atoms with Gasteiger partial charge in [0.25, 0.3) is 5.91 Å². The SMILES string of the molecule is COCc1ccccc1C(=O)NCC(O)c1ccc(Cl)c(F)c1. The van der Waals surface area contributed by atoms with Crippen LogP contribution in [0.25, 0.3) is 0 Å². The van der Waals surface area contributed by atoms with Gasteiger partial charge in [-0.1, -0.05) is 35.9 Å². The fraction of sp³-hybridized carbons (Fsp3) is 0.235. The Morgan fingerprint density at radius 2 is 2.09 bits per heavy atom. The number of aliphatic hydroxyl groups is 1. The van der Waals surface area contributed by atoms with Crippen LogP contribution in [0.3, 0.4) is 0 Å². The van der Waals surface area contributed by atoms with Crippen molar-refractivity contribution in [3.63, 3.8) is 0 Å². The van der Waals surface area contributed by atoms with Gasteiger partial charge in [0.1, 0.15) is 5.82 Å². The van der Waals surface area contributed by atoms with E-state index in [9.17, 15) is 14.3 Å². The van der Waals surface area contributed by atoms with E-state index < -0.39 is 11.9 Å². The molecule has 0 saturated heterocycles. The lowest BCUT2D eigenvalue weighted by Gasteiger charge is -2.14. The maximum absolute atomic E-state index is 13.4. The zero-order chi connectivity index (χ0) is 16.8. The molecule has 1 unspecified atom stereocenters. The molecule has 6 heteroatoms. The largest absolute Gasteiger partial charge is 0.387 e. The average molecular weight is 338 g/mol. The van der Waals surface area contributed by atoms with Gasteiger partial charge in [-0.25, -0.2) is 4.39 Å². The van der Waals surface area contributed by atoms with Crippen molar-refractivity contribution in [3.8, 4) is 0 Å². The van der Waals surface area contributed by atoms with E-state index in [2.05, 4.69) is 5.32 Å². The number of benzene rings is 2. The minimum atomic E-state index is -1.03. The van der Waals surface area contributed by atoms with Gasteiger partial charge < -0.3 is 15.2 Å². The maximum atomic E-state index is 13.4. The van der Waals surface area contributed by atoms with Gasteiger partial charge in [-0.05, 0) is 29.3 Å². The van der Waals surface area contributed by atoms with Crippen molar-refractivity contribution in [1.29, 1.82) is 0 Å². The number of halogens is 2. The lowest BCUT2D eigenvalue weighted by Crippen LogP contribution is -2.29. The Bertz CT molecular complexity index is 693. The minimum Gasteiger partial charge on any atom is -0.387 e. The second-order valence-corrected chi connectivity index (χ2v) is 5.40. The Balaban J connectivity index is 2.02. The van der Waals surface area contributed by atoms with Gasteiger partial charge in [0, 0.05) is 19.2 Å². The number of ether oxygens (including phenoxy) is 1. The molecule has 0 radical (unpaired) electrons. The van der Waals surface area contributed by atoms with E-state index in [1.165, 1.54) is 12.1 Å². The molecule has 2 aromatic carbocycles. The number of hydrogen-bond donors (Lipinski definition) is 2. The molecule has 0 aliphatic carbocycles. The summed E-state index contributed by atoms with van der Waals surface area (Å²) in [6, 6.07) is 11.1. The van der Waals surface area contributed by atoms with E-state index in [1.807, 2.05) is 6.07 Å². The van der Waals surface area contributed by atoms with Crippen LogP contribution in [0.1, 0.15) is 27.6 Å². The Kier molecular flexibility index (Phi) is 6.10. The highest BCUT2D eigenvalue weighted by Crippen LogP contribution is 2.20. The summed E-state index contributed by atoms with van der Waals surface area (Å²) >= 11 is 5.60. The lowest BCUT2D eigenvalue weighted by molar-refractivity contribution is 0.0911. The van der Waals surface area contributed by atoms with Crippen molar-refractivity contribution in [2.45, 2.75) is 12.7 Å². The highest BCUT2D eigenvalue weighted by Gasteiger charge is 2.14. The van der Waals surface area contributed by atoms with Crippen molar-refractivity contribution >= 4 is 17.5 Å². The molecule has 0 heterocycles. The molecule has 0 fully saturated rings. The van der Waals surface area contributed by atoms with Crippen LogP contribution in [0.5, 0.6) is 0 Å². The zero-order valence-electron chi connectivity index (χ0n) is 12.6. The quantitative estimate of drug-likeness (QED) is 0.851. The predicted molar refractivity (Wildman–Crippen MR) is 85.9 cm³/mol. The zero-order valence-corrected chi connectivity index (χ0v) is 13.3. The summed E-state index contributed by atoms with van der Waals surface area (Å²) in [6.45, 7) is 0.274. The van der Waals surface area contributed by atoms with Gasteiger partial charge in [0.15, 0.2) is 0 Å². The van der Waals surface area contributed by atoms with Gasteiger partial charge in [0.2, 0.25) is 0 Å². The molecular weight excluding hydrogens is 321 g/mol. The second-order valence-electron chi connectivity index (χ2n) is 4.99. The fourth-order valence-electron chi connectivity index (χ4n) is 2.15. The van der Waals surface area contributed by atoms with Gasteiger partial charge in [0.05, 0.1) is 17.7 Å². The summed E-state index contributed by atoms with van der Waals surface area (Å²) in [5.74, 6) is -0.939. The van der Waals surface area contributed by atoms with Crippen LogP contribution in [-0.4, -0.2) is 24.7 Å². The molecule has 2 aromatic rings. The molecule has 2 rings (SSSR count). The van der Waals surface area contributed by atoms with Gasteiger partial charge in [-0.3, -0.25) is 4.79 Å². The number of aliphatic hydroxyl groups excluding tert-OH is 1. The molecule has 0 bridgehead atoms. The third-order valence-corrected chi connectivity index (χ3v) is 3.65. The van der Waals surface area contributed by atoms with Gasteiger partial charge in [-0.15, -0.1) is 0 Å². The Hall–Kier alpha value is -1.95. The molecule has 1 amide bonds. The normalized spacial score (nSPS) is 12.0. The number of hydrogen-bond acceptors (Lipinski definition) is 3. The van der Waals surface area contributed by atoms with Crippen LogP contribution >= 0.6 is 11.6 Å². The molecule has 122 valence electrons. The predicted octanol–water partition coefficient (Wildman–Crippen LogP) is 3.09. The second kappa shape index (κ2) is 8.06. The monoisotopic (exact) mass is 337 g/mol. The maximum Gasteiger partial charge on any atom is 0.251 e. The highest BCUT2D eigenvalue weighted by atomic mass is 35.5. The van der Waals surface area contributed by atoms with Gasteiger partial charge in [-0.2, -0.15) is 0 Å². The molecule has 0 saturated carbocycles. The number of rotatable bonds is 6. The Morgan fingerprint density at radius 1 is 1.35 bits per heavy atom. The van der Waals surface area contributed by atoms with E-state index in [0.29, 0.717) is 17.7 Å². The summed E-state index contributed by atoms with van der Waals surface area (Å²) in [7, 11) is 1.55. The first-order chi connectivity index (χ1) is 11.0. The lowest BCUT2D eigenvalue weighted by atomic mass is 10.1. The van der Waals surface area contributed by atoms with E-state index in [4.69, 9.17) is 16.3 Å². The molecular formula is C17H17ClFNO3. The molecule has 23 heavy (non-hydrogen) atoms. The number of nitrogens with one attached hydrogen (secondary N) is 1. The first-order valence-corrected chi connectivity index (χ1v) is 7.38. The summed E-state index contributed by atoms with van der Waals surface area (Å²) < 4.78 is 18.5. The number of carbonyl (C=O) groups is 1. The fourth-order valence-corrected chi connectivity index (χ4v) is 2.26. The van der Waals surface area contributed by atoms with Crippen molar-refractivity contribution < 1.29 is 19.0 Å². The number of methoxy groups -OCH3 is 1. The van der Waals surface area contributed by atoms with Crippen molar-refractivity contribution in [2.24, 2.45) is 0 Å². The first kappa shape index (κ1) is 17.4. The standard InChI is InChI=1S/C17H17ClFNO3/c1-23-10-12-4-2-3-5-13(12)17(22)20-9-16(21)11-6-7-14(18)15(19)8-11/h2-8,16,21H,9-10H2,1H3,(H,20,22). The topological polar surface area (TPSA) is 58.6 Å². The molecule has 0 aliphatic rings. The van der Waals surface area contributed by atoms with E-state index in [0.717, 1.165) is 11.6 Å². The Morgan fingerprint density at radius 3 is 2.78 bits per heavy atom. The molecule has 1 atom stereocenters. The Labute approximate surface area is 138 Å². The number of carbonyl (C=O) groups excluding carboxylic acids is 1. The molecule has 0 aliphatic heterocycles. The summed E-state index contributed by atoms with van der Waals surface area (Å²) in [6.07, 6.45) is -1.03.